The van der Waals surface area contributed by atoms with Crippen LogP contribution in [0, 0.1) is 0 Å². The largest absolute Gasteiger partial charge is 0.482 e. The van der Waals surface area contributed by atoms with Gasteiger partial charge in [-0.05, 0) is 35.2 Å². The number of hydrogen-bond donors (Lipinski definition) is 1. The maximum Gasteiger partial charge on any atom is 0.302 e. The van der Waals surface area contributed by atoms with Gasteiger partial charge in [0.15, 0.2) is 0 Å². The zero-order valence-corrected chi connectivity index (χ0v) is 19.6. The highest BCUT2D eigenvalue weighted by atomic mass is 16.5. The molecule has 1 aliphatic rings. The summed E-state index contributed by atoms with van der Waals surface area (Å²) in [6, 6.07) is 16.7. The minimum atomic E-state index is -0.337. The molecule has 0 bridgehead atoms. The van der Waals surface area contributed by atoms with Crippen LogP contribution in [0.25, 0.3) is 0 Å². The molecule has 4 rings (SSSR count). The Morgan fingerprint density at radius 3 is 2.43 bits per heavy atom. The Morgan fingerprint density at radius 2 is 1.77 bits per heavy atom. The molecular formula is C27H28N2O6. The van der Waals surface area contributed by atoms with Crippen LogP contribution in [-0.2, 0) is 35.8 Å². The fourth-order valence-electron chi connectivity index (χ4n) is 3.87. The molecule has 0 saturated carbocycles. The van der Waals surface area contributed by atoms with Crippen molar-refractivity contribution in [2.24, 2.45) is 0 Å². The first-order valence-corrected chi connectivity index (χ1v) is 11.5. The van der Waals surface area contributed by atoms with Crippen LogP contribution in [0.5, 0.6) is 5.75 Å². The van der Waals surface area contributed by atoms with Crippen LogP contribution in [0.1, 0.15) is 46.2 Å². The lowest BCUT2D eigenvalue weighted by Crippen LogP contribution is -2.25. The smallest absolute Gasteiger partial charge is 0.302 e. The highest BCUT2D eigenvalue weighted by Gasteiger charge is 2.19. The van der Waals surface area contributed by atoms with Crippen molar-refractivity contribution in [1.29, 1.82) is 0 Å². The Balaban J connectivity index is 1.24. The molecule has 1 amide bonds. The Morgan fingerprint density at radius 1 is 1.06 bits per heavy atom. The number of nitrogens with zero attached hydrogens (tertiary/aromatic N) is 1. The van der Waals surface area contributed by atoms with Gasteiger partial charge in [0, 0.05) is 38.2 Å². The average molecular weight is 477 g/mol. The summed E-state index contributed by atoms with van der Waals surface area (Å²) in [5, 5.41) is 2.77. The fourth-order valence-corrected chi connectivity index (χ4v) is 3.87. The van der Waals surface area contributed by atoms with Gasteiger partial charge in [-0.15, -0.1) is 0 Å². The highest BCUT2D eigenvalue weighted by Crippen LogP contribution is 2.24. The first-order valence-electron chi connectivity index (χ1n) is 11.5. The van der Waals surface area contributed by atoms with Gasteiger partial charge in [0.25, 0.3) is 5.91 Å². The second-order valence-corrected chi connectivity index (χ2v) is 8.42. The second-order valence-electron chi connectivity index (χ2n) is 8.42. The van der Waals surface area contributed by atoms with Crippen molar-refractivity contribution in [3.8, 4) is 5.75 Å². The number of rotatable bonds is 10. The van der Waals surface area contributed by atoms with E-state index in [4.69, 9.17) is 13.9 Å². The average Bonchev–Trinajstić information content (AvgIpc) is 3.25. The van der Waals surface area contributed by atoms with Gasteiger partial charge < -0.3 is 19.2 Å². The quantitative estimate of drug-likeness (QED) is 0.354. The molecule has 0 aliphatic carbocycles. The molecule has 1 aliphatic heterocycles. The normalized spacial score (nSPS) is 12.7. The molecular weight excluding hydrogens is 448 g/mol. The molecule has 0 fully saturated rings. The summed E-state index contributed by atoms with van der Waals surface area (Å²) in [4.78, 5) is 37.6. The van der Waals surface area contributed by atoms with E-state index in [0.29, 0.717) is 30.8 Å². The first kappa shape index (κ1) is 24.2. The van der Waals surface area contributed by atoms with E-state index >= 15 is 0 Å². The minimum absolute atomic E-state index is 0.146. The van der Waals surface area contributed by atoms with Gasteiger partial charge in [0.05, 0.1) is 13.2 Å². The zero-order valence-electron chi connectivity index (χ0n) is 19.6. The van der Waals surface area contributed by atoms with Crippen molar-refractivity contribution < 1.29 is 23.5 Å². The summed E-state index contributed by atoms with van der Waals surface area (Å²) in [5.74, 6) is 0.195. The van der Waals surface area contributed by atoms with Crippen molar-refractivity contribution in [2.45, 2.75) is 39.6 Å². The summed E-state index contributed by atoms with van der Waals surface area (Å²) in [6.45, 7) is 4.43. The first-order chi connectivity index (χ1) is 17.0. The summed E-state index contributed by atoms with van der Waals surface area (Å²) in [5.41, 5.74) is 3.70. The number of nitrogens with one attached hydrogen (secondary N) is 1. The third-order valence-corrected chi connectivity index (χ3v) is 5.66. The van der Waals surface area contributed by atoms with Gasteiger partial charge in [-0.2, -0.15) is 0 Å². The second kappa shape index (κ2) is 11.5. The summed E-state index contributed by atoms with van der Waals surface area (Å²) < 4.78 is 16.1. The summed E-state index contributed by atoms with van der Waals surface area (Å²) in [6.07, 6.45) is 1.91. The molecule has 0 radical (unpaired) electrons. The number of esters is 1. The number of hydrogen-bond acceptors (Lipinski definition) is 7. The van der Waals surface area contributed by atoms with Gasteiger partial charge in [-0.3, -0.25) is 19.3 Å². The molecule has 3 aromatic rings. The maximum absolute atomic E-state index is 12.5. The molecule has 2 heterocycles. The highest BCUT2D eigenvalue weighted by molar-refractivity contribution is 5.94. The molecule has 0 saturated heterocycles. The lowest BCUT2D eigenvalue weighted by atomic mass is 10.1. The van der Waals surface area contributed by atoms with Crippen LogP contribution in [0.3, 0.4) is 0 Å². The topological polar surface area (TPSA) is 98.1 Å². The number of benzene rings is 2. The molecule has 35 heavy (non-hydrogen) atoms. The fraction of sp³-hybridized carbons (Fsp3) is 0.296. The van der Waals surface area contributed by atoms with Crippen LogP contribution in [0.2, 0.25) is 0 Å². The molecule has 0 atom stereocenters. The Bertz CT molecular complexity index is 1210. The van der Waals surface area contributed by atoms with E-state index in [0.717, 1.165) is 18.7 Å². The van der Waals surface area contributed by atoms with Gasteiger partial charge >= 0.3 is 5.97 Å². The SMILES string of the molecule is CC(=O)OCCCNC(=O)c1ccc(COc2coc(CN3Cc4ccccc4C3)cc2=O)cc1. The summed E-state index contributed by atoms with van der Waals surface area (Å²) >= 11 is 0. The number of amides is 1. The van der Waals surface area contributed by atoms with E-state index in [2.05, 4.69) is 22.3 Å². The van der Waals surface area contributed by atoms with E-state index in [1.807, 2.05) is 12.1 Å². The van der Waals surface area contributed by atoms with Crippen molar-refractivity contribution >= 4 is 11.9 Å². The van der Waals surface area contributed by atoms with E-state index in [1.54, 1.807) is 24.3 Å². The molecule has 8 heteroatoms. The maximum atomic E-state index is 12.5. The lowest BCUT2D eigenvalue weighted by Gasteiger charge is -2.14. The molecule has 182 valence electrons. The van der Waals surface area contributed by atoms with Gasteiger partial charge in [0.1, 0.15) is 18.6 Å². The number of fused-ring (bicyclic) bond motifs is 1. The van der Waals surface area contributed by atoms with Crippen molar-refractivity contribution in [2.75, 3.05) is 13.2 Å². The third-order valence-electron chi connectivity index (χ3n) is 5.66. The molecule has 0 spiro atoms. The van der Waals surface area contributed by atoms with E-state index in [9.17, 15) is 14.4 Å². The van der Waals surface area contributed by atoms with Crippen molar-refractivity contribution in [1.82, 2.24) is 10.2 Å². The molecule has 0 unspecified atom stereocenters. The summed E-state index contributed by atoms with van der Waals surface area (Å²) in [7, 11) is 0. The minimum Gasteiger partial charge on any atom is -0.482 e. The predicted octanol–water partition coefficient (Wildman–Crippen LogP) is 3.42. The Labute approximate surface area is 203 Å². The number of carbonyl (C=O) groups is 2. The predicted molar refractivity (Wildman–Crippen MR) is 129 cm³/mol. The molecule has 2 aromatic carbocycles. The number of ether oxygens (including phenoxy) is 2. The zero-order chi connectivity index (χ0) is 24.6. The Hall–Kier alpha value is -3.91. The Kier molecular flexibility index (Phi) is 7.95. The van der Waals surface area contributed by atoms with Gasteiger partial charge in [-0.25, -0.2) is 0 Å². The van der Waals surface area contributed by atoms with Crippen molar-refractivity contribution in [3.05, 3.63) is 99.1 Å². The van der Waals surface area contributed by atoms with Crippen molar-refractivity contribution in [3.63, 3.8) is 0 Å². The third kappa shape index (κ3) is 6.80. The van der Waals surface area contributed by atoms with Crippen LogP contribution in [0.15, 0.2) is 70.1 Å². The number of carbonyl (C=O) groups excluding carboxylic acids is 2. The van der Waals surface area contributed by atoms with Crippen LogP contribution < -0.4 is 15.5 Å². The molecule has 8 nitrogen and oxygen atoms in total. The standard InChI is InChI=1S/C27H28N2O6/c1-19(30)33-12-4-11-28-27(32)21-9-7-20(8-10-21)17-35-26-18-34-24(13-25(26)31)16-29-14-22-5-2-3-6-23(22)15-29/h2-3,5-10,13,18H,4,11-12,14-17H2,1H3,(H,28,32). The lowest BCUT2D eigenvalue weighted by molar-refractivity contribution is -0.140. The van der Waals surface area contributed by atoms with Crippen LogP contribution >= 0.6 is 0 Å². The van der Waals surface area contributed by atoms with Crippen LogP contribution in [0.4, 0.5) is 0 Å². The van der Waals surface area contributed by atoms with E-state index in [-0.39, 0.29) is 36.3 Å². The molecule has 1 aromatic heterocycles. The van der Waals surface area contributed by atoms with Gasteiger partial charge in [-0.1, -0.05) is 36.4 Å². The monoisotopic (exact) mass is 476 g/mol. The van der Waals surface area contributed by atoms with E-state index < -0.39 is 0 Å². The van der Waals surface area contributed by atoms with Crippen LogP contribution in [-0.4, -0.2) is 29.9 Å². The molecule has 1 N–H and O–H groups in total. The van der Waals surface area contributed by atoms with Gasteiger partial charge in [0.2, 0.25) is 11.2 Å². The van der Waals surface area contributed by atoms with E-state index in [1.165, 1.54) is 30.4 Å².